The van der Waals surface area contributed by atoms with E-state index in [-0.39, 0.29) is 12.3 Å². The van der Waals surface area contributed by atoms with Gasteiger partial charge in [0.15, 0.2) is 0 Å². The smallest absolute Gasteiger partial charge is 0.408 e. The highest BCUT2D eigenvalue weighted by atomic mass is 16.6. The quantitative estimate of drug-likeness (QED) is 0.289. The number of nitrogens with one attached hydrogen (secondary N) is 2. The Kier molecular flexibility index (Phi) is 10.6. The van der Waals surface area contributed by atoms with Crippen LogP contribution < -0.4 is 15.4 Å². The van der Waals surface area contributed by atoms with Crippen LogP contribution in [0, 0.1) is 13.8 Å². The second kappa shape index (κ2) is 13.8. The molecule has 3 aromatic rings. The molecule has 0 radical (unpaired) electrons. The molecule has 2 N–H and O–H groups in total. The van der Waals surface area contributed by atoms with Crippen LogP contribution in [0.4, 0.5) is 10.5 Å². The van der Waals surface area contributed by atoms with E-state index in [9.17, 15) is 14.4 Å². The number of carbonyl (C=O) groups excluding carboxylic acids is 3. The number of anilines is 1. The fourth-order valence-corrected chi connectivity index (χ4v) is 4.85. The molecule has 43 heavy (non-hydrogen) atoms. The number of amides is 3. The van der Waals surface area contributed by atoms with Gasteiger partial charge in [-0.25, -0.2) is 4.79 Å². The number of rotatable bonds is 9. The molecule has 0 spiro atoms. The lowest BCUT2D eigenvalue weighted by Crippen LogP contribution is -2.58. The maximum atomic E-state index is 14.7. The van der Waals surface area contributed by atoms with Crippen LogP contribution in [0.15, 0.2) is 72.8 Å². The molecule has 0 aromatic heterocycles. The van der Waals surface area contributed by atoms with Gasteiger partial charge in [0.2, 0.25) is 5.91 Å². The molecule has 0 heterocycles. The zero-order valence-corrected chi connectivity index (χ0v) is 26.8. The standard InChI is InChI=1S/C35H45N3O5/c1-23-15-16-24(2)28(21-23)30(31(39)36-26-17-19-27(42-9)20-18-26)38(34(3,4)5)32(40)29(22-25-13-11-10-12-14-25)37-33(41)43-35(6,7)8/h10-21,29-30H,22H2,1-9H3,(H,36,39)(H,37,41). The van der Waals surface area contributed by atoms with E-state index in [1.807, 2.05) is 83.1 Å². The number of carbonyl (C=O) groups is 3. The van der Waals surface area contributed by atoms with Gasteiger partial charge in [-0.05, 0) is 96.3 Å². The third-order valence-corrected chi connectivity index (χ3v) is 6.83. The molecular weight excluding hydrogens is 542 g/mol. The number of ether oxygens (including phenoxy) is 2. The van der Waals surface area contributed by atoms with Gasteiger partial charge in [-0.15, -0.1) is 0 Å². The van der Waals surface area contributed by atoms with Crippen molar-refractivity contribution in [3.05, 3.63) is 95.1 Å². The van der Waals surface area contributed by atoms with Crippen molar-refractivity contribution in [1.82, 2.24) is 10.2 Å². The average Bonchev–Trinajstić information content (AvgIpc) is 2.91. The molecule has 0 saturated carbocycles. The van der Waals surface area contributed by atoms with E-state index in [4.69, 9.17) is 9.47 Å². The Balaban J connectivity index is 2.13. The summed E-state index contributed by atoms with van der Waals surface area (Å²) < 4.78 is 10.8. The molecule has 0 aliphatic rings. The molecule has 2 atom stereocenters. The van der Waals surface area contributed by atoms with Crippen LogP contribution in [0.2, 0.25) is 0 Å². The first kappa shape index (κ1) is 33.2. The summed E-state index contributed by atoms with van der Waals surface area (Å²) in [5.41, 5.74) is 2.36. The first-order valence-electron chi connectivity index (χ1n) is 14.5. The normalized spacial score (nSPS) is 13.0. The number of benzene rings is 3. The molecule has 3 aromatic carbocycles. The maximum Gasteiger partial charge on any atom is 0.408 e. The summed E-state index contributed by atoms with van der Waals surface area (Å²) in [5, 5.41) is 5.82. The maximum absolute atomic E-state index is 14.7. The molecule has 8 heteroatoms. The highest BCUT2D eigenvalue weighted by Gasteiger charge is 2.42. The summed E-state index contributed by atoms with van der Waals surface area (Å²) in [4.78, 5) is 43.6. The van der Waals surface area contributed by atoms with Crippen LogP contribution in [0.1, 0.15) is 69.8 Å². The summed E-state index contributed by atoms with van der Waals surface area (Å²) in [6.45, 7) is 14.8. The van der Waals surface area contributed by atoms with Crippen LogP contribution in [0.5, 0.6) is 5.75 Å². The Morgan fingerprint density at radius 1 is 0.860 bits per heavy atom. The Morgan fingerprint density at radius 3 is 2.05 bits per heavy atom. The lowest BCUT2D eigenvalue weighted by Gasteiger charge is -2.43. The number of methoxy groups -OCH3 is 1. The van der Waals surface area contributed by atoms with Crippen LogP contribution in [0.3, 0.4) is 0 Å². The first-order valence-corrected chi connectivity index (χ1v) is 14.5. The van der Waals surface area contributed by atoms with Gasteiger partial charge in [0.25, 0.3) is 5.91 Å². The number of aryl methyl sites for hydroxylation is 2. The van der Waals surface area contributed by atoms with E-state index >= 15 is 0 Å². The first-order chi connectivity index (χ1) is 20.1. The van der Waals surface area contributed by atoms with Crippen molar-refractivity contribution in [3.8, 4) is 5.75 Å². The SMILES string of the molecule is COc1ccc(NC(=O)C(c2cc(C)ccc2C)N(C(=O)C(Cc2ccccc2)NC(=O)OC(C)(C)C)C(C)(C)C)cc1. The van der Waals surface area contributed by atoms with E-state index in [0.29, 0.717) is 17.0 Å². The predicted molar refractivity (Wildman–Crippen MR) is 170 cm³/mol. The lowest BCUT2D eigenvalue weighted by molar-refractivity contribution is -0.146. The number of hydrogen-bond acceptors (Lipinski definition) is 5. The topological polar surface area (TPSA) is 97.0 Å². The summed E-state index contributed by atoms with van der Waals surface area (Å²) in [6, 6.07) is 20.3. The molecule has 3 rings (SSSR count). The third kappa shape index (κ3) is 9.33. The van der Waals surface area contributed by atoms with Crippen LogP contribution in [-0.4, -0.2) is 47.1 Å². The average molecular weight is 588 g/mol. The minimum Gasteiger partial charge on any atom is -0.497 e. The number of hydrogen-bond donors (Lipinski definition) is 2. The fraction of sp³-hybridized carbons (Fsp3) is 0.400. The molecular formula is C35H45N3O5. The largest absolute Gasteiger partial charge is 0.497 e. The minimum absolute atomic E-state index is 0.213. The molecule has 3 amide bonds. The fourth-order valence-electron chi connectivity index (χ4n) is 4.85. The van der Waals surface area contributed by atoms with Crippen molar-refractivity contribution in [2.45, 2.75) is 85.0 Å². The van der Waals surface area contributed by atoms with Gasteiger partial charge < -0.3 is 25.0 Å². The van der Waals surface area contributed by atoms with Crippen LogP contribution >= 0.6 is 0 Å². The zero-order valence-electron chi connectivity index (χ0n) is 26.8. The zero-order chi connectivity index (χ0) is 31.9. The Hall–Kier alpha value is -4.33. The Labute approximate surface area is 255 Å². The van der Waals surface area contributed by atoms with E-state index in [0.717, 1.165) is 16.7 Å². The van der Waals surface area contributed by atoms with Gasteiger partial charge in [0.05, 0.1) is 7.11 Å². The summed E-state index contributed by atoms with van der Waals surface area (Å²) >= 11 is 0. The lowest BCUT2D eigenvalue weighted by atomic mass is 9.91. The van der Waals surface area contributed by atoms with Gasteiger partial charge >= 0.3 is 6.09 Å². The van der Waals surface area contributed by atoms with E-state index in [2.05, 4.69) is 10.6 Å². The molecule has 0 saturated heterocycles. The van der Waals surface area contributed by atoms with Crippen molar-refractivity contribution < 1.29 is 23.9 Å². The van der Waals surface area contributed by atoms with Gasteiger partial charge in [-0.2, -0.15) is 0 Å². The van der Waals surface area contributed by atoms with E-state index in [1.54, 1.807) is 57.0 Å². The van der Waals surface area contributed by atoms with Crippen molar-refractivity contribution >= 4 is 23.6 Å². The number of alkyl carbamates (subject to hydrolysis) is 1. The summed E-state index contributed by atoms with van der Waals surface area (Å²) in [6.07, 6.45) is -0.493. The summed E-state index contributed by atoms with van der Waals surface area (Å²) in [5.74, 6) is -0.122. The van der Waals surface area contributed by atoms with Gasteiger partial charge in [-0.1, -0.05) is 54.1 Å². The minimum atomic E-state index is -1.01. The second-order valence-electron chi connectivity index (χ2n) is 12.7. The Morgan fingerprint density at radius 2 is 1.49 bits per heavy atom. The van der Waals surface area contributed by atoms with Crippen molar-refractivity contribution in [2.75, 3.05) is 12.4 Å². The predicted octanol–water partition coefficient (Wildman–Crippen LogP) is 6.75. The molecule has 2 unspecified atom stereocenters. The van der Waals surface area contributed by atoms with Gasteiger partial charge in [0.1, 0.15) is 23.4 Å². The van der Waals surface area contributed by atoms with Crippen molar-refractivity contribution in [1.29, 1.82) is 0 Å². The van der Waals surface area contributed by atoms with Crippen molar-refractivity contribution in [2.24, 2.45) is 0 Å². The Bertz CT molecular complexity index is 1410. The van der Waals surface area contributed by atoms with Crippen molar-refractivity contribution in [3.63, 3.8) is 0 Å². The monoisotopic (exact) mass is 587 g/mol. The summed E-state index contributed by atoms with van der Waals surface area (Å²) in [7, 11) is 1.58. The molecule has 230 valence electrons. The van der Waals surface area contributed by atoms with Gasteiger partial charge in [0, 0.05) is 17.6 Å². The highest BCUT2D eigenvalue weighted by molar-refractivity contribution is 5.99. The van der Waals surface area contributed by atoms with Crippen LogP contribution in [0.25, 0.3) is 0 Å². The van der Waals surface area contributed by atoms with Crippen LogP contribution in [-0.2, 0) is 20.7 Å². The molecule has 0 fully saturated rings. The van der Waals surface area contributed by atoms with E-state index in [1.165, 1.54) is 0 Å². The van der Waals surface area contributed by atoms with Gasteiger partial charge in [-0.3, -0.25) is 9.59 Å². The highest BCUT2D eigenvalue weighted by Crippen LogP contribution is 2.34. The third-order valence-electron chi connectivity index (χ3n) is 6.83. The van der Waals surface area contributed by atoms with E-state index < -0.39 is 35.2 Å². The second-order valence-corrected chi connectivity index (χ2v) is 12.7. The molecule has 0 bridgehead atoms. The molecule has 0 aliphatic carbocycles. The molecule has 0 aliphatic heterocycles. The molecule has 8 nitrogen and oxygen atoms in total. The number of nitrogens with zero attached hydrogens (tertiary/aromatic N) is 1.